The van der Waals surface area contributed by atoms with Gasteiger partial charge in [-0.1, -0.05) is 6.07 Å². The van der Waals surface area contributed by atoms with Crippen LogP contribution in [0, 0.1) is 5.82 Å². The first-order valence-corrected chi connectivity index (χ1v) is 9.57. The number of alkyl halides is 2. The zero-order chi connectivity index (χ0) is 22.4. The van der Waals surface area contributed by atoms with Gasteiger partial charge in [0.2, 0.25) is 6.43 Å². The van der Waals surface area contributed by atoms with E-state index in [0.29, 0.717) is 38.4 Å². The van der Waals surface area contributed by atoms with Crippen molar-refractivity contribution in [2.45, 2.75) is 12.8 Å². The first-order valence-electron chi connectivity index (χ1n) is 9.57. The van der Waals surface area contributed by atoms with Gasteiger partial charge in [0.05, 0.1) is 18.3 Å². The van der Waals surface area contributed by atoms with E-state index in [0.717, 1.165) is 0 Å². The maximum absolute atomic E-state index is 14.2. The van der Waals surface area contributed by atoms with Gasteiger partial charge in [-0.15, -0.1) is 0 Å². The molecule has 0 radical (unpaired) electrons. The van der Waals surface area contributed by atoms with Crippen LogP contribution in [0.2, 0.25) is 0 Å². The molecule has 0 unspecified atom stereocenters. The molecule has 2 aromatic carbocycles. The minimum Gasteiger partial charge on any atom is -0.491 e. The van der Waals surface area contributed by atoms with Crippen molar-refractivity contribution < 1.29 is 17.9 Å². The number of rotatable bonds is 5. The van der Waals surface area contributed by atoms with Crippen LogP contribution in [0.1, 0.15) is 6.42 Å². The molecule has 0 aliphatic carbocycles. The second-order valence-electron chi connectivity index (χ2n) is 7.08. The summed E-state index contributed by atoms with van der Waals surface area (Å²) < 4.78 is 45.1. The van der Waals surface area contributed by atoms with Gasteiger partial charge >= 0.3 is 0 Å². The van der Waals surface area contributed by atoms with Gasteiger partial charge in [0.1, 0.15) is 33.8 Å². The lowest BCUT2D eigenvalue weighted by Gasteiger charge is -2.15. The molecule has 3 heterocycles. The minimum atomic E-state index is -2.52. The van der Waals surface area contributed by atoms with E-state index in [1.54, 1.807) is 6.07 Å². The van der Waals surface area contributed by atoms with Gasteiger partial charge in [-0.2, -0.15) is 5.10 Å². The average Bonchev–Trinajstić information content (AvgIpc) is 3.27. The van der Waals surface area contributed by atoms with Gasteiger partial charge < -0.3 is 15.5 Å². The zero-order valence-corrected chi connectivity index (χ0v) is 16.3. The molecule has 0 fully saturated rings. The Morgan fingerprint density at radius 2 is 1.88 bits per heavy atom. The number of halogens is 3. The number of fused-ring (bicyclic) bond motifs is 4. The quantitative estimate of drug-likeness (QED) is 0.358. The molecule has 0 saturated carbocycles. The predicted molar refractivity (Wildman–Crippen MR) is 113 cm³/mol. The first-order chi connectivity index (χ1) is 15.5. The summed E-state index contributed by atoms with van der Waals surface area (Å²) in [4.78, 5) is 24.0. The number of aromatic amines is 2. The Bertz CT molecular complexity index is 1550. The number of hydrogen-bond acceptors (Lipinski definition) is 6. The monoisotopic (exact) mass is 440 g/mol. The summed E-state index contributed by atoms with van der Waals surface area (Å²) >= 11 is 0. The highest BCUT2D eigenvalue weighted by Gasteiger charge is 2.21. The molecule has 32 heavy (non-hydrogen) atoms. The van der Waals surface area contributed by atoms with Crippen LogP contribution in [0.4, 0.5) is 18.9 Å². The lowest BCUT2D eigenvalue weighted by Crippen LogP contribution is -2.14. The number of H-pyrrole nitrogens is 2. The second-order valence-corrected chi connectivity index (χ2v) is 7.08. The molecule has 0 aliphatic rings. The number of nitrogens with zero attached hydrogens (tertiary/aromatic N) is 3. The Morgan fingerprint density at radius 3 is 2.66 bits per heavy atom. The Kier molecular flexibility index (Phi) is 4.65. The van der Waals surface area contributed by atoms with Crippen LogP contribution in [0.3, 0.4) is 0 Å². The van der Waals surface area contributed by atoms with Crippen molar-refractivity contribution in [3.05, 3.63) is 53.0 Å². The molecule has 0 bridgehead atoms. The van der Waals surface area contributed by atoms with E-state index < -0.39 is 24.2 Å². The molecule has 3 aromatic heterocycles. The summed E-state index contributed by atoms with van der Waals surface area (Å²) in [5, 5.41) is 7.35. The van der Waals surface area contributed by atoms with Gasteiger partial charge in [0.15, 0.2) is 0 Å². The van der Waals surface area contributed by atoms with Crippen LogP contribution in [0.15, 0.2) is 41.6 Å². The number of nitrogen functional groups attached to an aromatic ring is 1. The normalized spacial score (nSPS) is 11.8. The number of hydrogen-bond donors (Lipinski definition) is 3. The molecule has 0 spiro atoms. The maximum Gasteiger partial charge on any atom is 0.272 e. The third-order valence-electron chi connectivity index (χ3n) is 5.16. The van der Waals surface area contributed by atoms with Crippen molar-refractivity contribution in [3.8, 4) is 16.9 Å². The molecule has 162 valence electrons. The van der Waals surface area contributed by atoms with Crippen molar-refractivity contribution in [3.63, 3.8) is 0 Å². The fourth-order valence-electron chi connectivity index (χ4n) is 3.74. The fraction of sp³-hybridized carbons (Fsp3) is 0.143. The van der Waals surface area contributed by atoms with E-state index in [4.69, 9.17) is 10.5 Å². The number of aromatic nitrogens is 5. The van der Waals surface area contributed by atoms with E-state index in [2.05, 4.69) is 25.1 Å². The van der Waals surface area contributed by atoms with Gasteiger partial charge in [-0.05, 0) is 17.7 Å². The Hall–Kier alpha value is -4.15. The zero-order valence-electron chi connectivity index (χ0n) is 16.3. The molecule has 0 saturated heterocycles. The predicted octanol–water partition coefficient (Wildman–Crippen LogP) is 3.77. The van der Waals surface area contributed by atoms with Crippen LogP contribution < -0.4 is 16.0 Å². The van der Waals surface area contributed by atoms with Gasteiger partial charge in [-0.3, -0.25) is 14.9 Å². The standard InChI is InChI=1S/C21H15F3N6O2/c22-12-2-1-9(11-8-28-30-17(11)12)15-10-7-13(32-6-3-14(23)24)19-20(27-5-4-26-19)18(10)29-21(31)16(15)25/h1-2,4-5,7-8,14H,3,6,25H2,(H,28,30)(H,29,31). The minimum absolute atomic E-state index is 0.103. The van der Waals surface area contributed by atoms with Crippen molar-refractivity contribution in [1.29, 1.82) is 0 Å². The molecular weight excluding hydrogens is 425 g/mol. The van der Waals surface area contributed by atoms with Gasteiger partial charge in [0, 0.05) is 35.2 Å². The van der Waals surface area contributed by atoms with Crippen LogP contribution in [-0.2, 0) is 0 Å². The molecule has 5 aromatic rings. The highest BCUT2D eigenvalue weighted by Crippen LogP contribution is 2.40. The topological polar surface area (TPSA) is 123 Å². The number of nitrogens with two attached hydrogens (primary N) is 1. The summed E-state index contributed by atoms with van der Waals surface area (Å²) in [5.41, 5.74) is 7.39. The molecule has 4 N–H and O–H groups in total. The maximum atomic E-state index is 14.2. The average molecular weight is 440 g/mol. The van der Waals surface area contributed by atoms with Crippen LogP contribution in [0.5, 0.6) is 5.75 Å². The summed E-state index contributed by atoms with van der Waals surface area (Å²) in [6, 6.07) is 4.30. The van der Waals surface area contributed by atoms with Gasteiger partial charge in [0.25, 0.3) is 5.56 Å². The van der Waals surface area contributed by atoms with Crippen LogP contribution >= 0.6 is 0 Å². The number of pyridine rings is 1. The molecule has 0 atom stereocenters. The highest BCUT2D eigenvalue weighted by molar-refractivity contribution is 6.14. The van der Waals surface area contributed by atoms with E-state index >= 15 is 0 Å². The number of nitrogens with one attached hydrogen (secondary N) is 2. The summed E-state index contributed by atoms with van der Waals surface area (Å²) in [6.07, 6.45) is 1.31. The lowest BCUT2D eigenvalue weighted by atomic mass is 9.96. The van der Waals surface area contributed by atoms with E-state index in [9.17, 15) is 18.0 Å². The number of ether oxygens (including phenoxy) is 1. The number of benzene rings is 2. The number of anilines is 1. The van der Waals surface area contributed by atoms with Crippen molar-refractivity contribution in [2.75, 3.05) is 12.3 Å². The van der Waals surface area contributed by atoms with E-state index in [1.807, 2.05) is 0 Å². The second kappa shape index (κ2) is 7.52. The summed E-state index contributed by atoms with van der Waals surface area (Å²) in [6.45, 7) is -0.245. The fourth-order valence-corrected chi connectivity index (χ4v) is 3.74. The third-order valence-corrected chi connectivity index (χ3v) is 5.16. The summed E-state index contributed by atoms with van der Waals surface area (Å²) in [7, 11) is 0. The van der Waals surface area contributed by atoms with Gasteiger partial charge in [-0.25, -0.2) is 18.2 Å². The third kappa shape index (κ3) is 3.09. The van der Waals surface area contributed by atoms with Crippen molar-refractivity contribution in [2.24, 2.45) is 0 Å². The Morgan fingerprint density at radius 1 is 1.09 bits per heavy atom. The first kappa shape index (κ1) is 19.8. The largest absolute Gasteiger partial charge is 0.491 e. The molecule has 0 aliphatic heterocycles. The lowest BCUT2D eigenvalue weighted by molar-refractivity contribution is 0.114. The highest BCUT2D eigenvalue weighted by atomic mass is 19.3. The molecular formula is C21H15F3N6O2. The molecule has 8 nitrogen and oxygen atoms in total. The van der Waals surface area contributed by atoms with Crippen LogP contribution in [-0.4, -0.2) is 38.2 Å². The Labute approximate surface area is 177 Å². The smallest absolute Gasteiger partial charge is 0.272 e. The molecule has 11 heteroatoms. The van der Waals surface area contributed by atoms with E-state index in [-0.39, 0.29) is 23.6 Å². The SMILES string of the molecule is Nc1c(-c2ccc(F)c3[nH]ncc23)c2cc(OCCC(F)F)c3nccnc3c2[nH]c1=O. The van der Waals surface area contributed by atoms with Crippen molar-refractivity contribution >= 4 is 38.5 Å². The van der Waals surface area contributed by atoms with Crippen molar-refractivity contribution in [1.82, 2.24) is 25.1 Å². The van der Waals surface area contributed by atoms with Crippen LogP contribution in [0.25, 0.3) is 44.0 Å². The Balaban J connectivity index is 1.86. The molecule has 5 rings (SSSR count). The van der Waals surface area contributed by atoms with E-state index in [1.165, 1.54) is 30.7 Å². The molecule has 0 amide bonds. The summed E-state index contributed by atoms with van der Waals surface area (Å²) in [5.74, 6) is -0.305.